The van der Waals surface area contributed by atoms with Gasteiger partial charge in [0.1, 0.15) is 23.9 Å². The number of rotatable bonds is 16. The topological polar surface area (TPSA) is 133 Å². The molecule has 0 unspecified atom stereocenters. The summed E-state index contributed by atoms with van der Waals surface area (Å²) in [5.74, 6) is -0.713. The number of ether oxygens (including phenoxy) is 5. The van der Waals surface area contributed by atoms with Gasteiger partial charge in [0.25, 0.3) is 0 Å². The number of methoxy groups -OCH3 is 2. The van der Waals surface area contributed by atoms with E-state index in [1.54, 1.807) is 25.6 Å². The number of carbonyl (C=O) groups is 3. The van der Waals surface area contributed by atoms with Gasteiger partial charge in [-0.3, -0.25) is 9.59 Å². The lowest BCUT2D eigenvalue weighted by molar-refractivity contribution is -0.192. The number of thiophene rings is 1. The van der Waals surface area contributed by atoms with Gasteiger partial charge in [-0.05, 0) is 58.8 Å². The average Bonchev–Trinajstić information content (AvgIpc) is 3.72. The van der Waals surface area contributed by atoms with Crippen LogP contribution in [0.1, 0.15) is 34.4 Å². The van der Waals surface area contributed by atoms with Crippen molar-refractivity contribution < 1.29 is 56.3 Å². The lowest BCUT2D eigenvalue weighted by atomic mass is 9.83. The van der Waals surface area contributed by atoms with Crippen LogP contribution in [0.15, 0.2) is 95.9 Å². The van der Waals surface area contributed by atoms with Crippen molar-refractivity contribution in [2.75, 3.05) is 47.1 Å². The number of amides is 1. The Labute approximate surface area is 332 Å². The Bertz CT molecular complexity index is 1970. The van der Waals surface area contributed by atoms with E-state index in [1.807, 2.05) is 83.1 Å². The zero-order valence-electron chi connectivity index (χ0n) is 31.6. The van der Waals surface area contributed by atoms with E-state index in [0.29, 0.717) is 51.5 Å². The molecule has 0 radical (unpaired) electrons. The number of carboxylic acid groups (broad SMARTS) is 1. The normalized spacial score (nSPS) is 16.3. The van der Waals surface area contributed by atoms with Gasteiger partial charge in [-0.1, -0.05) is 54.6 Å². The molecule has 11 nitrogen and oxygen atoms in total. The number of esters is 1. The third-order valence-corrected chi connectivity index (χ3v) is 10.2. The van der Waals surface area contributed by atoms with E-state index in [0.717, 1.165) is 50.6 Å². The Balaban J connectivity index is 0.000000811. The molecular weight excluding hydrogens is 766 g/mol. The second kappa shape index (κ2) is 20.7. The first kappa shape index (κ1) is 42.8. The maximum Gasteiger partial charge on any atom is 0.490 e. The highest BCUT2D eigenvalue weighted by Crippen LogP contribution is 2.34. The molecule has 1 aromatic heterocycles. The molecule has 0 spiro atoms. The number of fused-ring (bicyclic) bond motifs is 2. The number of hydrogen-bond donors (Lipinski definition) is 2. The SMILES string of the molecule is COc1ccccc1COCCCOc1ccc(C2=C(COC(=O)Cc3ccccc3OC)[C@H]3CN(C(=O)Cc4cccs4)C[C@@H](C2)N3)cc1.O=C(O)C(F)(F)F. The minimum absolute atomic E-state index is 0.0934. The van der Waals surface area contributed by atoms with Crippen LogP contribution >= 0.6 is 11.3 Å². The largest absolute Gasteiger partial charge is 0.496 e. The summed E-state index contributed by atoms with van der Waals surface area (Å²) in [5.41, 5.74) is 4.99. The average molecular weight is 811 g/mol. The van der Waals surface area contributed by atoms with E-state index < -0.39 is 12.1 Å². The van der Waals surface area contributed by atoms with E-state index in [-0.39, 0.29) is 37.0 Å². The molecule has 2 N–H and O–H groups in total. The van der Waals surface area contributed by atoms with Crippen molar-refractivity contribution in [3.63, 3.8) is 0 Å². The van der Waals surface area contributed by atoms with Crippen LogP contribution in [0, 0.1) is 0 Å². The van der Waals surface area contributed by atoms with Gasteiger partial charge < -0.3 is 39.0 Å². The van der Waals surface area contributed by atoms with Crippen LogP contribution in [0.5, 0.6) is 17.2 Å². The van der Waals surface area contributed by atoms with Crippen molar-refractivity contribution in [2.24, 2.45) is 0 Å². The van der Waals surface area contributed by atoms with Crippen LogP contribution in [0.4, 0.5) is 13.2 Å². The Kier molecular flexibility index (Phi) is 15.5. The predicted octanol–water partition coefficient (Wildman–Crippen LogP) is 6.74. The predicted molar refractivity (Wildman–Crippen MR) is 207 cm³/mol. The van der Waals surface area contributed by atoms with Crippen LogP contribution in [-0.2, 0) is 43.3 Å². The fourth-order valence-electron chi connectivity index (χ4n) is 6.56. The highest BCUT2D eigenvalue weighted by Gasteiger charge is 2.39. The third kappa shape index (κ3) is 12.6. The maximum absolute atomic E-state index is 13.3. The number of nitrogens with zero attached hydrogens (tertiary/aromatic N) is 1. The van der Waals surface area contributed by atoms with E-state index in [1.165, 1.54) is 0 Å². The Morgan fingerprint density at radius 1 is 0.842 bits per heavy atom. The molecule has 2 bridgehead atoms. The van der Waals surface area contributed by atoms with E-state index >= 15 is 0 Å². The minimum atomic E-state index is -5.08. The van der Waals surface area contributed by atoms with Crippen molar-refractivity contribution in [3.05, 3.63) is 117 Å². The first-order chi connectivity index (χ1) is 27.4. The zero-order chi connectivity index (χ0) is 40.8. The molecule has 0 aliphatic carbocycles. The highest BCUT2D eigenvalue weighted by atomic mass is 32.1. The highest BCUT2D eigenvalue weighted by molar-refractivity contribution is 7.10. The Hall–Kier alpha value is -5.38. The molecule has 57 heavy (non-hydrogen) atoms. The maximum atomic E-state index is 13.3. The molecule has 304 valence electrons. The van der Waals surface area contributed by atoms with Crippen molar-refractivity contribution in [3.8, 4) is 17.2 Å². The molecule has 3 heterocycles. The fraction of sp³-hybridized carbons (Fsp3) is 0.357. The summed E-state index contributed by atoms with van der Waals surface area (Å²) in [7, 11) is 3.26. The molecule has 1 fully saturated rings. The smallest absolute Gasteiger partial charge is 0.490 e. The molecule has 15 heteroatoms. The number of carbonyl (C=O) groups excluding carboxylic acids is 2. The van der Waals surface area contributed by atoms with Crippen LogP contribution in [0.2, 0.25) is 0 Å². The summed E-state index contributed by atoms with van der Waals surface area (Å²) in [4.78, 5) is 38.3. The molecule has 1 saturated heterocycles. The van der Waals surface area contributed by atoms with Gasteiger partial charge in [-0.2, -0.15) is 13.2 Å². The van der Waals surface area contributed by atoms with Gasteiger partial charge >= 0.3 is 18.1 Å². The molecule has 1 amide bonds. The lowest BCUT2D eigenvalue weighted by Gasteiger charge is -2.44. The summed E-state index contributed by atoms with van der Waals surface area (Å²) in [6, 6.07) is 27.4. The number of benzene rings is 3. The molecular formula is C42H45F3N2O9S. The lowest BCUT2D eigenvalue weighted by Crippen LogP contribution is -2.61. The van der Waals surface area contributed by atoms with Crippen molar-refractivity contribution in [1.29, 1.82) is 0 Å². The summed E-state index contributed by atoms with van der Waals surface area (Å²) >= 11 is 1.60. The third-order valence-electron chi connectivity index (χ3n) is 9.31. The summed E-state index contributed by atoms with van der Waals surface area (Å²) < 4.78 is 60.4. The van der Waals surface area contributed by atoms with E-state index in [4.69, 9.17) is 33.6 Å². The van der Waals surface area contributed by atoms with Crippen LogP contribution in [-0.4, -0.2) is 93.2 Å². The number of piperazine rings is 1. The Morgan fingerprint density at radius 3 is 2.16 bits per heavy atom. The molecule has 4 aromatic rings. The second-order valence-corrected chi connectivity index (χ2v) is 14.3. The summed E-state index contributed by atoms with van der Waals surface area (Å²) in [6.45, 7) is 2.88. The number of aliphatic carboxylic acids is 1. The number of alkyl halides is 3. The van der Waals surface area contributed by atoms with E-state index in [2.05, 4.69) is 17.4 Å². The number of hydrogen-bond acceptors (Lipinski definition) is 10. The van der Waals surface area contributed by atoms with Crippen LogP contribution in [0.3, 0.4) is 0 Å². The van der Waals surface area contributed by atoms with Gasteiger partial charge in [0.2, 0.25) is 5.91 Å². The van der Waals surface area contributed by atoms with Crippen molar-refractivity contribution in [2.45, 2.75) is 50.6 Å². The standard InChI is InChI=1S/C40H44N2O7S.C2HF3O2/c1-45-37-12-5-3-9-29(37)21-40(44)49-27-35-34(22-31-24-42(25-36(35)41-31)39(43)23-33-11-7-20-50-33)28-14-16-32(17-15-28)48-19-8-18-47-26-30-10-4-6-13-38(30)46-2;3-2(4,5)1(6)7/h3-7,9-17,20,31,36,41H,8,18-19,21-27H2,1-2H3;(H,6,7)/t31-,36-;/m1./s1. The van der Waals surface area contributed by atoms with Gasteiger partial charge in [0, 0.05) is 41.6 Å². The molecule has 0 saturated carbocycles. The summed E-state index contributed by atoms with van der Waals surface area (Å²) in [5, 5.41) is 12.8. The molecule has 6 rings (SSSR count). The molecule has 2 atom stereocenters. The fourth-order valence-corrected chi connectivity index (χ4v) is 7.26. The van der Waals surface area contributed by atoms with Crippen molar-refractivity contribution in [1.82, 2.24) is 10.2 Å². The first-order valence-electron chi connectivity index (χ1n) is 18.2. The van der Waals surface area contributed by atoms with Crippen molar-refractivity contribution >= 4 is 34.8 Å². The second-order valence-electron chi connectivity index (χ2n) is 13.2. The monoisotopic (exact) mass is 810 g/mol. The van der Waals surface area contributed by atoms with Gasteiger partial charge in [0.15, 0.2) is 0 Å². The number of para-hydroxylation sites is 2. The molecule has 3 aromatic carbocycles. The van der Waals surface area contributed by atoms with Gasteiger partial charge in [0.05, 0.1) is 52.9 Å². The van der Waals surface area contributed by atoms with E-state index in [9.17, 15) is 22.8 Å². The molecule has 2 aliphatic heterocycles. The number of nitrogens with one attached hydrogen (secondary N) is 1. The molecule has 2 aliphatic rings. The summed E-state index contributed by atoms with van der Waals surface area (Å²) in [6.07, 6.45) is -3.12. The number of halogens is 3. The van der Waals surface area contributed by atoms with Gasteiger partial charge in [-0.15, -0.1) is 11.3 Å². The number of carboxylic acids is 1. The van der Waals surface area contributed by atoms with Crippen LogP contribution < -0.4 is 19.5 Å². The zero-order valence-corrected chi connectivity index (χ0v) is 32.4. The quantitative estimate of drug-likeness (QED) is 0.0927. The Morgan fingerprint density at radius 2 is 1.51 bits per heavy atom. The minimum Gasteiger partial charge on any atom is -0.496 e. The first-order valence-corrected chi connectivity index (χ1v) is 19.1. The van der Waals surface area contributed by atoms with Crippen LogP contribution in [0.25, 0.3) is 5.57 Å². The van der Waals surface area contributed by atoms with Gasteiger partial charge in [-0.25, -0.2) is 4.79 Å².